The molecule has 2 atom stereocenters. The smallest absolute Gasteiger partial charge is 0.410 e. The maximum absolute atomic E-state index is 12.8. The van der Waals surface area contributed by atoms with Gasteiger partial charge in [-0.1, -0.05) is 30.3 Å². The van der Waals surface area contributed by atoms with Crippen molar-refractivity contribution in [2.24, 2.45) is 0 Å². The molecule has 1 N–H and O–H groups in total. The molecule has 2 heterocycles. The molecule has 3 aromatic rings. The standard InChI is InChI=1S/C29H36N2O5/c1-29(2,3)36-28(33)31-15-13-25(22-9-11-24(12-10-22)34-17-5-16-32)27(19-31)35-20-21-7-8-23-6-4-14-30-26(23)18-21/h4,6-12,14,18,25,27,32H,5,13,15-17,19-20H2,1-3H3. The summed E-state index contributed by atoms with van der Waals surface area (Å²) in [4.78, 5) is 19.0. The molecule has 0 radical (unpaired) electrons. The van der Waals surface area contributed by atoms with Gasteiger partial charge < -0.3 is 24.2 Å². The Hall–Kier alpha value is -3.16. The number of ether oxygens (including phenoxy) is 3. The monoisotopic (exact) mass is 492 g/mol. The van der Waals surface area contributed by atoms with Crippen molar-refractivity contribution in [3.05, 3.63) is 71.9 Å². The predicted molar refractivity (Wildman–Crippen MR) is 139 cm³/mol. The molecule has 1 fully saturated rings. The highest BCUT2D eigenvalue weighted by Crippen LogP contribution is 2.33. The van der Waals surface area contributed by atoms with E-state index >= 15 is 0 Å². The van der Waals surface area contributed by atoms with Crippen LogP contribution in [-0.2, 0) is 16.1 Å². The maximum atomic E-state index is 12.8. The van der Waals surface area contributed by atoms with Crippen LogP contribution in [0.1, 0.15) is 50.7 Å². The lowest BCUT2D eigenvalue weighted by atomic mass is 9.87. The molecule has 0 saturated carbocycles. The summed E-state index contributed by atoms with van der Waals surface area (Å²) in [6, 6.07) is 18.2. The normalized spacial score (nSPS) is 18.3. The molecule has 2 unspecified atom stereocenters. The molecule has 4 rings (SSSR count). The number of benzene rings is 2. The Kier molecular flexibility index (Phi) is 8.44. The number of carbonyl (C=O) groups excluding carboxylic acids is 1. The molecule has 7 nitrogen and oxygen atoms in total. The quantitative estimate of drug-likeness (QED) is 0.430. The predicted octanol–water partition coefficient (Wildman–Crippen LogP) is 5.31. The molecule has 7 heteroatoms. The van der Waals surface area contributed by atoms with Crippen molar-refractivity contribution in [3.8, 4) is 5.75 Å². The van der Waals surface area contributed by atoms with Gasteiger partial charge in [0, 0.05) is 37.1 Å². The van der Waals surface area contributed by atoms with E-state index in [-0.39, 0.29) is 24.7 Å². The number of aromatic nitrogens is 1. The van der Waals surface area contributed by atoms with Gasteiger partial charge in [-0.05, 0) is 62.6 Å². The zero-order valence-electron chi connectivity index (χ0n) is 21.4. The van der Waals surface area contributed by atoms with E-state index < -0.39 is 5.60 Å². The molecular weight excluding hydrogens is 456 g/mol. The fraction of sp³-hybridized carbons (Fsp3) is 0.448. The second-order valence-electron chi connectivity index (χ2n) is 10.2. The van der Waals surface area contributed by atoms with Gasteiger partial charge in [-0.15, -0.1) is 0 Å². The number of rotatable bonds is 8. The first-order valence-electron chi connectivity index (χ1n) is 12.6. The fourth-order valence-corrected chi connectivity index (χ4v) is 4.43. The van der Waals surface area contributed by atoms with Crippen molar-refractivity contribution in [1.82, 2.24) is 9.88 Å². The first kappa shape index (κ1) is 25.9. The molecule has 1 aliphatic heterocycles. The van der Waals surface area contributed by atoms with Gasteiger partial charge in [0.25, 0.3) is 0 Å². The van der Waals surface area contributed by atoms with Crippen LogP contribution >= 0.6 is 0 Å². The second-order valence-corrected chi connectivity index (χ2v) is 10.2. The number of carbonyl (C=O) groups is 1. The molecule has 1 saturated heterocycles. The number of piperidine rings is 1. The van der Waals surface area contributed by atoms with Crippen molar-refractivity contribution in [3.63, 3.8) is 0 Å². The number of amides is 1. The number of aliphatic hydroxyl groups is 1. The third-order valence-corrected chi connectivity index (χ3v) is 6.22. The minimum atomic E-state index is -0.547. The van der Waals surface area contributed by atoms with Crippen molar-refractivity contribution >= 4 is 17.0 Å². The van der Waals surface area contributed by atoms with Crippen LogP contribution in [0.2, 0.25) is 0 Å². The first-order chi connectivity index (χ1) is 17.3. The first-order valence-corrected chi connectivity index (χ1v) is 12.6. The van der Waals surface area contributed by atoms with Crippen molar-refractivity contribution < 1.29 is 24.1 Å². The minimum absolute atomic E-state index is 0.112. The van der Waals surface area contributed by atoms with E-state index in [0.29, 0.717) is 32.7 Å². The summed E-state index contributed by atoms with van der Waals surface area (Å²) in [5.74, 6) is 0.910. The molecule has 0 spiro atoms. The Morgan fingerprint density at radius 2 is 1.94 bits per heavy atom. The zero-order chi connectivity index (χ0) is 25.5. The second kappa shape index (κ2) is 11.7. The Morgan fingerprint density at radius 3 is 2.69 bits per heavy atom. The third-order valence-electron chi connectivity index (χ3n) is 6.22. The van der Waals surface area contributed by atoms with E-state index in [2.05, 4.69) is 35.3 Å². The summed E-state index contributed by atoms with van der Waals surface area (Å²) in [6.07, 6.45) is 2.67. The molecule has 36 heavy (non-hydrogen) atoms. The highest BCUT2D eigenvalue weighted by Gasteiger charge is 2.35. The summed E-state index contributed by atoms with van der Waals surface area (Å²) >= 11 is 0. The summed E-state index contributed by atoms with van der Waals surface area (Å²) in [5, 5.41) is 10.1. The minimum Gasteiger partial charge on any atom is -0.494 e. The molecule has 0 bridgehead atoms. The highest BCUT2D eigenvalue weighted by molar-refractivity contribution is 5.78. The Labute approximate surface area is 213 Å². The Balaban J connectivity index is 1.49. The molecule has 1 amide bonds. The van der Waals surface area contributed by atoms with Crippen LogP contribution in [0.4, 0.5) is 4.79 Å². The van der Waals surface area contributed by atoms with E-state index in [0.717, 1.165) is 34.2 Å². The summed E-state index contributed by atoms with van der Waals surface area (Å²) < 4.78 is 17.8. The van der Waals surface area contributed by atoms with Crippen LogP contribution in [0.15, 0.2) is 60.8 Å². The van der Waals surface area contributed by atoms with E-state index in [1.54, 1.807) is 11.1 Å². The third kappa shape index (κ3) is 6.95. The molecule has 1 aliphatic rings. The van der Waals surface area contributed by atoms with Gasteiger partial charge in [0.2, 0.25) is 0 Å². The Bertz CT molecular complexity index is 1140. The fourth-order valence-electron chi connectivity index (χ4n) is 4.43. The number of hydrogen-bond donors (Lipinski definition) is 1. The van der Waals surface area contributed by atoms with Gasteiger partial charge in [-0.3, -0.25) is 4.98 Å². The van der Waals surface area contributed by atoms with Crippen LogP contribution in [0.3, 0.4) is 0 Å². The number of fused-ring (bicyclic) bond motifs is 1. The molecule has 0 aliphatic carbocycles. The molecule has 1 aromatic heterocycles. The van der Waals surface area contributed by atoms with Crippen LogP contribution in [0.25, 0.3) is 10.9 Å². The van der Waals surface area contributed by atoms with Crippen LogP contribution in [0, 0.1) is 0 Å². The summed E-state index contributed by atoms with van der Waals surface area (Å²) in [6.45, 7) is 7.72. The number of aliphatic hydroxyl groups excluding tert-OH is 1. The van der Waals surface area contributed by atoms with Gasteiger partial charge in [-0.25, -0.2) is 4.79 Å². The van der Waals surface area contributed by atoms with E-state index in [4.69, 9.17) is 19.3 Å². The summed E-state index contributed by atoms with van der Waals surface area (Å²) in [5.41, 5.74) is 2.58. The Morgan fingerprint density at radius 1 is 1.14 bits per heavy atom. The maximum Gasteiger partial charge on any atom is 0.410 e. The van der Waals surface area contributed by atoms with Gasteiger partial charge >= 0.3 is 6.09 Å². The van der Waals surface area contributed by atoms with Gasteiger partial charge in [0.05, 0.1) is 31.4 Å². The van der Waals surface area contributed by atoms with Crippen molar-refractivity contribution in [2.45, 2.75) is 57.8 Å². The van der Waals surface area contributed by atoms with Gasteiger partial charge in [0.15, 0.2) is 0 Å². The van der Waals surface area contributed by atoms with E-state index in [9.17, 15) is 4.79 Å². The van der Waals surface area contributed by atoms with Crippen molar-refractivity contribution in [2.75, 3.05) is 26.3 Å². The van der Waals surface area contributed by atoms with Crippen LogP contribution in [-0.4, -0.2) is 59.1 Å². The average molecular weight is 493 g/mol. The van der Waals surface area contributed by atoms with Gasteiger partial charge in [-0.2, -0.15) is 0 Å². The zero-order valence-corrected chi connectivity index (χ0v) is 21.4. The van der Waals surface area contributed by atoms with Crippen LogP contribution in [0.5, 0.6) is 5.75 Å². The largest absolute Gasteiger partial charge is 0.494 e. The van der Waals surface area contributed by atoms with Gasteiger partial charge in [0.1, 0.15) is 11.4 Å². The van der Waals surface area contributed by atoms with Crippen molar-refractivity contribution in [1.29, 1.82) is 0 Å². The SMILES string of the molecule is CC(C)(C)OC(=O)N1CCC(c2ccc(OCCCO)cc2)C(OCc2ccc3cccnc3c2)C1. The van der Waals surface area contributed by atoms with Crippen LogP contribution < -0.4 is 4.74 Å². The van der Waals surface area contributed by atoms with E-state index in [1.807, 2.05) is 45.0 Å². The number of likely N-dealkylation sites (tertiary alicyclic amines) is 1. The average Bonchev–Trinajstić information content (AvgIpc) is 2.87. The van der Waals surface area contributed by atoms with E-state index in [1.165, 1.54) is 0 Å². The number of nitrogens with zero attached hydrogens (tertiary/aromatic N) is 2. The molecular formula is C29H36N2O5. The molecule has 192 valence electrons. The topological polar surface area (TPSA) is 81.1 Å². The lowest BCUT2D eigenvalue weighted by molar-refractivity contribution is -0.0359. The lowest BCUT2D eigenvalue weighted by Crippen LogP contribution is -2.48. The lowest BCUT2D eigenvalue weighted by Gasteiger charge is -2.39. The highest BCUT2D eigenvalue weighted by atomic mass is 16.6. The number of hydrogen-bond acceptors (Lipinski definition) is 6. The number of pyridine rings is 1. The summed E-state index contributed by atoms with van der Waals surface area (Å²) in [7, 11) is 0. The molecule has 2 aromatic carbocycles.